The monoisotopic (exact) mass is 289 g/mol. The lowest BCUT2D eigenvalue weighted by molar-refractivity contribution is 0.0691. The van der Waals surface area contributed by atoms with Gasteiger partial charge in [0.1, 0.15) is 10.8 Å². The average molecular weight is 289 g/mol. The molecule has 3 rings (SSSR count). The van der Waals surface area contributed by atoms with Crippen LogP contribution in [0.3, 0.4) is 0 Å². The molecule has 0 amide bonds. The highest BCUT2D eigenvalue weighted by molar-refractivity contribution is 7.09. The quantitative estimate of drug-likeness (QED) is 0.763. The lowest BCUT2D eigenvalue weighted by Crippen LogP contribution is -2.09. The summed E-state index contributed by atoms with van der Waals surface area (Å²) in [5.41, 5.74) is 0.811. The van der Waals surface area contributed by atoms with E-state index in [1.165, 1.54) is 16.7 Å². The molecule has 102 valence electrons. The zero-order valence-corrected chi connectivity index (χ0v) is 11.3. The highest BCUT2D eigenvalue weighted by Gasteiger charge is 2.14. The first-order chi connectivity index (χ1) is 9.63. The second-order valence-electron chi connectivity index (χ2n) is 4.19. The number of hydrogen-bond donors (Lipinski definition) is 2. The largest absolute Gasteiger partial charge is 0.476 e. The fourth-order valence-electron chi connectivity index (χ4n) is 1.76. The number of thiazole rings is 1. The Morgan fingerprint density at radius 1 is 1.45 bits per heavy atom. The van der Waals surface area contributed by atoms with Gasteiger partial charge in [0.05, 0.1) is 12.2 Å². The second kappa shape index (κ2) is 4.89. The Kier molecular flexibility index (Phi) is 3.07. The van der Waals surface area contributed by atoms with Gasteiger partial charge in [-0.15, -0.1) is 11.3 Å². The van der Waals surface area contributed by atoms with Crippen molar-refractivity contribution in [3.05, 3.63) is 40.6 Å². The van der Waals surface area contributed by atoms with Crippen LogP contribution in [0.2, 0.25) is 0 Å². The number of fused-ring (bicyclic) bond motifs is 1. The van der Waals surface area contributed by atoms with E-state index >= 15 is 0 Å². The zero-order chi connectivity index (χ0) is 14.1. The van der Waals surface area contributed by atoms with Crippen LogP contribution in [0.1, 0.15) is 28.5 Å². The first-order valence-electron chi connectivity index (χ1n) is 5.89. The van der Waals surface area contributed by atoms with E-state index in [0.29, 0.717) is 10.8 Å². The minimum Gasteiger partial charge on any atom is -0.476 e. The van der Waals surface area contributed by atoms with Crippen LogP contribution in [0.4, 0.5) is 5.82 Å². The highest BCUT2D eigenvalue weighted by atomic mass is 32.1. The number of nitrogens with zero attached hydrogens (tertiary/aromatic N) is 4. The van der Waals surface area contributed by atoms with Crippen LogP contribution in [0.15, 0.2) is 29.9 Å². The number of carboxylic acid groups (broad SMARTS) is 1. The van der Waals surface area contributed by atoms with E-state index in [2.05, 4.69) is 20.4 Å². The molecule has 1 unspecified atom stereocenters. The number of aromatic carboxylic acids is 1. The molecule has 0 radical (unpaired) electrons. The predicted octanol–water partition coefficient (Wildman–Crippen LogP) is 2.06. The van der Waals surface area contributed by atoms with Crippen molar-refractivity contribution in [1.82, 2.24) is 19.6 Å². The fraction of sp³-hybridized carbons (Fsp3) is 0.167. The smallest absolute Gasteiger partial charge is 0.355 e. The first kappa shape index (κ1) is 12.5. The van der Waals surface area contributed by atoms with Crippen molar-refractivity contribution in [1.29, 1.82) is 0 Å². The predicted molar refractivity (Wildman–Crippen MR) is 74.1 cm³/mol. The number of aromatic nitrogens is 4. The molecule has 20 heavy (non-hydrogen) atoms. The van der Waals surface area contributed by atoms with Crippen LogP contribution in [0.25, 0.3) is 5.65 Å². The summed E-state index contributed by atoms with van der Waals surface area (Å²) in [6, 6.07) is 3.50. The summed E-state index contributed by atoms with van der Waals surface area (Å²) in [6.45, 7) is 1.91. The van der Waals surface area contributed by atoms with Crippen molar-refractivity contribution in [2.45, 2.75) is 13.0 Å². The molecular formula is C12H11N5O2S. The minimum atomic E-state index is -1.02. The molecule has 0 aliphatic rings. The number of anilines is 1. The van der Waals surface area contributed by atoms with E-state index in [4.69, 9.17) is 5.11 Å². The summed E-state index contributed by atoms with van der Waals surface area (Å²) < 4.78 is 1.67. The number of carboxylic acids is 1. The van der Waals surface area contributed by atoms with Crippen LogP contribution in [0.5, 0.6) is 0 Å². The molecule has 3 heterocycles. The number of hydrogen-bond acceptors (Lipinski definition) is 6. The maximum Gasteiger partial charge on any atom is 0.355 e. The fourth-order valence-corrected chi connectivity index (χ4v) is 2.56. The van der Waals surface area contributed by atoms with Crippen molar-refractivity contribution in [2.75, 3.05) is 5.32 Å². The highest BCUT2D eigenvalue weighted by Crippen LogP contribution is 2.21. The molecule has 2 N–H and O–H groups in total. The number of rotatable bonds is 4. The van der Waals surface area contributed by atoms with E-state index < -0.39 is 5.97 Å². The third kappa shape index (κ3) is 2.32. The minimum absolute atomic E-state index is 0.0675. The standard InChI is InChI=1S/C12H11N5O2S/c1-7(11-15-8(6-20-11)12(18)19)14-9-3-5-17-10(16-9)2-4-13-17/h2-7H,1H3,(H,14,16)(H,18,19). The second-order valence-corrected chi connectivity index (χ2v) is 5.08. The lowest BCUT2D eigenvalue weighted by Gasteiger charge is -2.11. The molecule has 0 saturated carbocycles. The Labute approximate surface area is 117 Å². The first-order valence-corrected chi connectivity index (χ1v) is 6.77. The number of nitrogens with one attached hydrogen (secondary N) is 1. The molecule has 0 bridgehead atoms. The van der Waals surface area contributed by atoms with Gasteiger partial charge in [-0.1, -0.05) is 0 Å². The van der Waals surface area contributed by atoms with Gasteiger partial charge in [0.25, 0.3) is 0 Å². The molecule has 1 atom stereocenters. The van der Waals surface area contributed by atoms with Crippen molar-refractivity contribution >= 4 is 28.8 Å². The topological polar surface area (TPSA) is 92.4 Å². The molecule has 0 spiro atoms. The number of carbonyl (C=O) groups is 1. The van der Waals surface area contributed by atoms with Gasteiger partial charge in [0.15, 0.2) is 11.3 Å². The Bertz CT molecular complexity index is 766. The third-order valence-corrected chi connectivity index (χ3v) is 3.76. The summed E-state index contributed by atoms with van der Waals surface area (Å²) in [5.74, 6) is -0.323. The summed E-state index contributed by atoms with van der Waals surface area (Å²) in [5, 5.41) is 18.4. The Morgan fingerprint density at radius 2 is 2.30 bits per heavy atom. The van der Waals surface area contributed by atoms with Crippen molar-refractivity contribution in [3.8, 4) is 0 Å². The van der Waals surface area contributed by atoms with Gasteiger partial charge in [-0.2, -0.15) is 5.10 Å². The van der Waals surface area contributed by atoms with Crippen LogP contribution in [0, 0.1) is 0 Å². The summed E-state index contributed by atoms with van der Waals surface area (Å²) >= 11 is 1.31. The van der Waals surface area contributed by atoms with Crippen molar-refractivity contribution in [2.24, 2.45) is 0 Å². The molecule has 0 fully saturated rings. The zero-order valence-electron chi connectivity index (χ0n) is 10.5. The van der Waals surface area contributed by atoms with E-state index in [1.807, 2.05) is 25.3 Å². The molecule has 3 aromatic heterocycles. The molecule has 7 nitrogen and oxygen atoms in total. The molecular weight excluding hydrogens is 278 g/mol. The van der Waals surface area contributed by atoms with Crippen LogP contribution in [-0.2, 0) is 0 Å². The molecule has 3 aromatic rings. The SMILES string of the molecule is CC(Nc1ccn2nccc2n1)c1nc(C(=O)O)cs1. The Hall–Kier alpha value is -2.48. The van der Waals surface area contributed by atoms with Crippen LogP contribution < -0.4 is 5.32 Å². The van der Waals surface area contributed by atoms with Gasteiger partial charge in [-0.25, -0.2) is 19.3 Å². The van der Waals surface area contributed by atoms with E-state index in [1.54, 1.807) is 10.7 Å². The summed E-state index contributed by atoms with van der Waals surface area (Å²) in [7, 11) is 0. The van der Waals surface area contributed by atoms with Gasteiger partial charge in [-0.05, 0) is 13.0 Å². The average Bonchev–Trinajstić information content (AvgIpc) is 3.07. The van der Waals surface area contributed by atoms with Crippen LogP contribution in [-0.4, -0.2) is 30.7 Å². The van der Waals surface area contributed by atoms with Crippen molar-refractivity contribution in [3.63, 3.8) is 0 Å². The normalized spacial score (nSPS) is 12.4. The molecule has 0 aromatic carbocycles. The Balaban J connectivity index is 1.80. The maximum atomic E-state index is 10.8. The molecule has 0 aliphatic heterocycles. The van der Waals surface area contributed by atoms with Gasteiger partial charge in [0, 0.05) is 17.6 Å². The molecule has 0 saturated heterocycles. The van der Waals surface area contributed by atoms with E-state index in [-0.39, 0.29) is 11.7 Å². The molecule has 8 heteroatoms. The van der Waals surface area contributed by atoms with Crippen LogP contribution >= 0.6 is 11.3 Å². The summed E-state index contributed by atoms with van der Waals surface area (Å²) in [6.07, 6.45) is 3.48. The van der Waals surface area contributed by atoms with Gasteiger partial charge < -0.3 is 10.4 Å². The lowest BCUT2D eigenvalue weighted by atomic mass is 10.3. The Morgan fingerprint density at radius 3 is 3.05 bits per heavy atom. The van der Waals surface area contributed by atoms with Gasteiger partial charge in [-0.3, -0.25) is 0 Å². The van der Waals surface area contributed by atoms with Crippen molar-refractivity contribution < 1.29 is 9.90 Å². The maximum absolute atomic E-state index is 10.8. The molecule has 0 aliphatic carbocycles. The van der Waals surface area contributed by atoms with Gasteiger partial charge >= 0.3 is 5.97 Å². The summed E-state index contributed by atoms with van der Waals surface area (Å²) in [4.78, 5) is 19.3. The van der Waals surface area contributed by atoms with E-state index in [0.717, 1.165) is 5.65 Å². The third-order valence-electron chi connectivity index (χ3n) is 2.73. The van der Waals surface area contributed by atoms with Gasteiger partial charge in [0.2, 0.25) is 0 Å². The van der Waals surface area contributed by atoms with E-state index in [9.17, 15) is 4.79 Å².